The molecule has 0 atom stereocenters. The fourth-order valence-corrected chi connectivity index (χ4v) is 2.06. The lowest BCUT2D eigenvalue weighted by Gasteiger charge is -2.11. The van der Waals surface area contributed by atoms with Gasteiger partial charge in [-0.15, -0.1) is 0 Å². The zero-order chi connectivity index (χ0) is 9.30. The average molecular weight is 229 g/mol. The van der Waals surface area contributed by atoms with Crippen LogP contribution in [0.2, 0.25) is 0 Å². The average Bonchev–Trinajstić information content (AvgIpc) is 2.01. The van der Waals surface area contributed by atoms with Gasteiger partial charge in [0.2, 0.25) is 0 Å². The number of benzene rings is 1. The molecule has 0 N–H and O–H groups in total. The molecule has 0 amide bonds. The van der Waals surface area contributed by atoms with Crippen molar-refractivity contribution < 1.29 is 4.74 Å². The number of halogens is 1. The molecule has 0 aliphatic carbocycles. The zero-order valence-corrected chi connectivity index (χ0v) is 9.45. The van der Waals surface area contributed by atoms with Gasteiger partial charge in [0, 0.05) is 0 Å². The van der Waals surface area contributed by atoms with Crippen molar-refractivity contribution in [3.8, 4) is 5.75 Å². The lowest BCUT2D eigenvalue weighted by atomic mass is 10.0. The normalized spacial score (nSPS) is 10.1. The van der Waals surface area contributed by atoms with Crippen LogP contribution in [0.25, 0.3) is 0 Å². The number of aryl methyl sites for hydroxylation is 1. The summed E-state index contributed by atoms with van der Waals surface area (Å²) in [5.74, 6) is 0.943. The lowest BCUT2D eigenvalue weighted by molar-refractivity contribution is 0.408. The van der Waals surface area contributed by atoms with Gasteiger partial charge in [0.1, 0.15) is 5.75 Å². The van der Waals surface area contributed by atoms with Crippen molar-refractivity contribution >= 4 is 15.9 Å². The number of methoxy groups -OCH3 is 1. The van der Waals surface area contributed by atoms with Crippen LogP contribution in [-0.4, -0.2) is 7.11 Å². The molecule has 12 heavy (non-hydrogen) atoms. The maximum Gasteiger partial charge on any atom is 0.136 e. The summed E-state index contributed by atoms with van der Waals surface area (Å²) in [6, 6.07) is 2.08. The van der Waals surface area contributed by atoms with Crippen molar-refractivity contribution in [2.45, 2.75) is 20.8 Å². The van der Waals surface area contributed by atoms with Crippen LogP contribution in [0.4, 0.5) is 0 Å². The number of rotatable bonds is 1. The molecule has 0 bridgehead atoms. The third-order valence-electron chi connectivity index (χ3n) is 2.26. The molecule has 0 aliphatic heterocycles. The van der Waals surface area contributed by atoms with Crippen molar-refractivity contribution in [1.29, 1.82) is 0 Å². The third kappa shape index (κ3) is 1.48. The van der Waals surface area contributed by atoms with E-state index in [1.54, 1.807) is 7.11 Å². The Morgan fingerprint density at radius 1 is 1.17 bits per heavy atom. The Balaban J connectivity index is 3.40. The fraction of sp³-hybridized carbons (Fsp3) is 0.400. The summed E-state index contributed by atoms with van der Waals surface area (Å²) < 4.78 is 6.30. The standard InChI is InChI=1S/C10H13BrO/c1-6-5-9(11)10(12-4)8(3)7(6)2/h5H,1-4H3. The minimum absolute atomic E-state index is 0.943. The van der Waals surface area contributed by atoms with Gasteiger partial charge in [-0.25, -0.2) is 0 Å². The van der Waals surface area contributed by atoms with E-state index in [4.69, 9.17) is 4.74 Å². The molecule has 0 aromatic heterocycles. The molecule has 66 valence electrons. The van der Waals surface area contributed by atoms with E-state index < -0.39 is 0 Å². The van der Waals surface area contributed by atoms with E-state index in [1.807, 2.05) is 0 Å². The van der Waals surface area contributed by atoms with Crippen LogP contribution >= 0.6 is 15.9 Å². The molecule has 0 unspecified atom stereocenters. The first-order valence-electron chi connectivity index (χ1n) is 3.88. The second-order valence-electron chi connectivity index (χ2n) is 2.96. The molecule has 1 nitrogen and oxygen atoms in total. The largest absolute Gasteiger partial charge is 0.495 e. The monoisotopic (exact) mass is 228 g/mol. The molecule has 2 heteroatoms. The highest BCUT2D eigenvalue weighted by atomic mass is 79.9. The van der Waals surface area contributed by atoms with E-state index >= 15 is 0 Å². The molecular weight excluding hydrogens is 216 g/mol. The fourth-order valence-electron chi connectivity index (χ4n) is 1.26. The minimum atomic E-state index is 0.943. The van der Waals surface area contributed by atoms with Crippen LogP contribution in [0, 0.1) is 20.8 Å². The molecular formula is C10H13BrO. The summed E-state index contributed by atoms with van der Waals surface area (Å²) in [4.78, 5) is 0. The van der Waals surface area contributed by atoms with Crippen LogP contribution in [0.15, 0.2) is 10.5 Å². The van der Waals surface area contributed by atoms with Gasteiger partial charge >= 0.3 is 0 Å². The predicted octanol–water partition coefficient (Wildman–Crippen LogP) is 3.38. The summed E-state index contributed by atoms with van der Waals surface area (Å²) in [6.07, 6.45) is 0. The third-order valence-corrected chi connectivity index (χ3v) is 2.85. The van der Waals surface area contributed by atoms with Gasteiger partial charge in [-0.2, -0.15) is 0 Å². The Kier molecular flexibility index (Phi) is 2.78. The second-order valence-corrected chi connectivity index (χ2v) is 3.81. The first kappa shape index (κ1) is 9.59. The van der Waals surface area contributed by atoms with Crippen LogP contribution in [0.1, 0.15) is 16.7 Å². The lowest BCUT2D eigenvalue weighted by Crippen LogP contribution is -1.93. The van der Waals surface area contributed by atoms with Crippen molar-refractivity contribution in [3.63, 3.8) is 0 Å². The van der Waals surface area contributed by atoms with Gasteiger partial charge in [0.05, 0.1) is 11.6 Å². The SMILES string of the molecule is COc1c(Br)cc(C)c(C)c1C. The van der Waals surface area contributed by atoms with Gasteiger partial charge in [-0.1, -0.05) is 0 Å². The van der Waals surface area contributed by atoms with Gasteiger partial charge in [0.15, 0.2) is 0 Å². The predicted molar refractivity (Wildman–Crippen MR) is 54.9 cm³/mol. The minimum Gasteiger partial charge on any atom is -0.495 e. The van der Waals surface area contributed by atoms with Crippen LogP contribution in [0.3, 0.4) is 0 Å². The molecule has 1 rings (SSSR count). The smallest absolute Gasteiger partial charge is 0.136 e. The van der Waals surface area contributed by atoms with Gasteiger partial charge in [-0.3, -0.25) is 0 Å². The van der Waals surface area contributed by atoms with Gasteiger partial charge < -0.3 is 4.74 Å². The highest BCUT2D eigenvalue weighted by molar-refractivity contribution is 9.10. The summed E-state index contributed by atoms with van der Waals surface area (Å²) in [5.41, 5.74) is 3.81. The Hall–Kier alpha value is -0.500. The zero-order valence-electron chi connectivity index (χ0n) is 7.86. The molecule has 0 saturated carbocycles. The van der Waals surface area contributed by atoms with E-state index in [2.05, 4.69) is 42.8 Å². The Bertz CT molecular complexity index is 305. The van der Waals surface area contributed by atoms with E-state index in [0.717, 1.165) is 10.2 Å². The van der Waals surface area contributed by atoms with E-state index in [1.165, 1.54) is 16.7 Å². The number of hydrogen-bond acceptors (Lipinski definition) is 1. The van der Waals surface area contributed by atoms with Crippen molar-refractivity contribution in [3.05, 3.63) is 27.2 Å². The quantitative estimate of drug-likeness (QED) is 0.717. The number of ether oxygens (including phenoxy) is 1. The molecule has 0 radical (unpaired) electrons. The van der Waals surface area contributed by atoms with Crippen LogP contribution < -0.4 is 4.74 Å². The second kappa shape index (κ2) is 3.48. The van der Waals surface area contributed by atoms with Crippen LogP contribution in [-0.2, 0) is 0 Å². The summed E-state index contributed by atoms with van der Waals surface area (Å²) >= 11 is 3.47. The molecule has 0 heterocycles. The highest BCUT2D eigenvalue weighted by Gasteiger charge is 2.08. The van der Waals surface area contributed by atoms with E-state index in [9.17, 15) is 0 Å². The first-order valence-corrected chi connectivity index (χ1v) is 4.67. The first-order chi connectivity index (χ1) is 5.57. The molecule has 1 aromatic carbocycles. The van der Waals surface area contributed by atoms with Crippen LogP contribution in [0.5, 0.6) is 5.75 Å². The Labute approximate surface area is 81.9 Å². The van der Waals surface area contributed by atoms with Crippen molar-refractivity contribution in [2.75, 3.05) is 7.11 Å². The van der Waals surface area contributed by atoms with E-state index in [-0.39, 0.29) is 0 Å². The maximum absolute atomic E-state index is 5.26. The van der Waals surface area contributed by atoms with Gasteiger partial charge in [0.25, 0.3) is 0 Å². The molecule has 0 fully saturated rings. The van der Waals surface area contributed by atoms with Gasteiger partial charge in [-0.05, 0) is 59.5 Å². The Morgan fingerprint density at radius 3 is 2.25 bits per heavy atom. The highest BCUT2D eigenvalue weighted by Crippen LogP contribution is 2.32. The Morgan fingerprint density at radius 2 is 1.75 bits per heavy atom. The van der Waals surface area contributed by atoms with Crippen molar-refractivity contribution in [2.24, 2.45) is 0 Å². The maximum atomic E-state index is 5.26. The summed E-state index contributed by atoms with van der Waals surface area (Å²) in [6.45, 7) is 6.29. The summed E-state index contributed by atoms with van der Waals surface area (Å²) in [5, 5.41) is 0. The van der Waals surface area contributed by atoms with E-state index in [0.29, 0.717) is 0 Å². The summed E-state index contributed by atoms with van der Waals surface area (Å²) in [7, 11) is 1.70. The number of hydrogen-bond donors (Lipinski definition) is 0. The van der Waals surface area contributed by atoms with Crippen molar-refractivity contribution in [1.82, 2.24) is 0 Å². The molecule has 0 spiro atoms. The molecule has 0 saturated heterocycles. The molecule has 1 aromatic rings. The topological polar surface area (TPSA) is 9.23 Å². The molecule has 0 aliphatic rings.